The lowest BCUT2D eigenvalue weighted by Crippen LogP contribution is -2.10. The summed E-state index contributed by atoms with van der Waals surface area (Å²) in [5, 5.41) is 8.87. The predicted molar refractivity (Wildman–Crippen MR) is 90.1 cm³/mol. The van der Waals surface area contributed by atoms with Gasteiger partial charge in [0, 0.05) is 37.4 Å². The summed E-state index contributed by atoms with van der Waals surface area (Å²) < 4.78 is 3.42. The normalized spacial score (nSPS) is 12.2. The van der Waals surface area contributed by atoms with Crippen LogP contribution >= 0.6 is 0 Å². The maximum atomic E-state index is 4.51. The molecule has 0 spiro atoms. The van der Waals surface area contributed by atoms with Gasteiger partial charge in [-0.3, -0.25) is 9.98 Å². The van der Waals surface area contributed by atoms with E-state index in [1.165, 1.54) is 0 Å². The second-order valence-electron chi connectivity index (χ2n) is 4.77. The molecule has 0 aliphatic rings. The lowest BCUT2D eigenvalue weighted by Gasteiger charge is -1.99. The zero-order valence-corrected chi connectivity index (χ0v) is 13.0. The van der Waals surface area contributed by atoms with E-state index in [1.807, 2.05) is 43.7 Å². The Hall–Kier alpha value is -3.09. The van der Waals surface area contributed by atoms with E-state index in [2.05, 4.69) is 25.2 Å². The molecule has 0 aliphatic heterocycles. The van der Waals surface area contributed by atoms with Crippen molar-refractivity contribution in [2.75, 3.05) is 7.05 Å². The molecule has 0 bridgehead atoms. The maximum absolute atomic E-state index is 4.51. The Morgan fingerprint density at radius 2 is 2.22 bits per heavy atom. The van der Waals surface area contributed by atoms with Gasteiger partial charge >= 0.3 is 0 Å². The zero-order chi connectivity index (χ0) is 16.1. The van der Waals surface area contributed by atoms with Crippen LogP contribution in [0.15, 0.2) is 59.2 Å². The molecule has 0 amide bonds. The van der Waals surface area contributed by atoms with Gasteiger partial charge in [-0.2, -0.15) is 10.2 Å². The van der Waals surface area contributed by atoms with Crippen LogP contribution in [-0.4, -0.2) is 43.8 Å². The summed E-state index contributed by atoms with van der Waals surface area (Å²) >= 11 is 0. The van der Waals surface area contributed by atoms with Gasteiger partial charge in [0.2, 0.25) is 5.96 Å². The van der Waals surface area contributed by atoms with Crippen LogP contribution < -0.4 is 0 Å². The number of aliphatic imine (C=N–C) groups is 2. The van der Waals surface area contributed by atoms with E-state index in [9.17, 15) is 0 Å². The molecule has 0 saturated heterocycles. The van der Waals surface area contributed by atoms with Crippen LogP contribution in [0.2, 0.25) is 0 Å². The number of pyridine rings is 1. The molecule has 0 saturated carbocycles. The fourth-order valence-electron chi connectivity index (χ4n) is 2.07. The minimum atomic E-state index is 0.553. The molecule has 116 valence electrons. The van der Waals surface area contributed by atoms with Crippen molar-refractivity contribution in [2.45, 2.75) is 13.3 Å². The predicted octanol–water partition coefficient (Wildman–Crippen LogP) is 2.45. The summed E-state index contributed by atoms with van der Waals surface area (Å²) in [5.74, 6) is 0.553. The fraction of sp³-hybridized carbons (Fsp3) is 0.188. The summed E-state index contributed by atoms with van der Waals surface area (Å²) in [6.45, 7) is 2.03. The van der Waals surface area contributed by atoms with Crippen LogP contribution in [0.1, 0.15) is 13.3 Å². The molecular formula is C16H17N7. The third kappa shape index (κ3) is 3.23. The van der Waals surface area contributed by atoms with Gasteiger partial charge in [0.1, 0.15) is 0 Å². The first-order chi connectivity index (χ1) is 11.3. The Labute approximate surface area is 134 Å². The monoisotopic (exact) mass is 307 g/mol. The van der Waals surface area contributed by atoms with Crippen LogP contribution in [0, 0.1) is 0 Å². The maximum Gasteiger partial charge on any atom is 0.245 e. The smallest absolute Gasteiger partial charge is 0.245 e. The molecule has 0 atom stereocenters. The van der Waals surface area contributed by atoms with Gasteiger partial charge in [0.05, 0.1) is 23.8 Å². The largest absolute Gasteiger partial charge is 0.262 e. The first-order valence-electron chi connectivity index (χ1n) is 7.32. The summed E-state index contributed by atoms with van der Waals surface area (Å²) in [5.41, 5.74) is 2.64. The van der Waals surface area contributed by atoms with E-state index in [0.29, 0.717) is 5.96 Å². The van der Waals surface area contributed by atoms with Crippen LogP contribution in [0.25, 0.3) is 16.9 Å². The Bertz CT molecular complexity index is 827. The highest BCUT2D eigenvalue weighted by molar-refractivity contribution is 5.89. The topological polar surface area (TPSA) is 73.2 Å². The molecule has 0 N–H and O–H groups in total. The minimum Gasteiger partial charge on any atom is -0.262 e. The standard InChI is InChI=1S/C16H17N7/c1-3-7-19-16(17-2)22-9-6-15(21-22)13-10-20-23(12-13)14-5-4-8-18-11-14/h4-12H,3H2,1-2H3/b17-16?,19-7-. The van der Waals surface area contributed by atoms with Crippen molar-refractivity contribution in [1.29, 1.82) is 0 Å². The van der Waals surface area contributed by atoms with Crippen molar-refractivity contribution in [2.24, 2.45) is 9.98 Å². The minimum absolute atomic E-state index is 0.553. The Morgan fingerprint density at radius 1 is 1.30 bits per heavy atom. The van der Waals surface area contributed by atoms with Crippen LogP contribution in [-0.2, 0) is 0 Å². The van der Waals surface area contributed by atoms with E-state index < -0.39 is 0 Å². The number of rotatable bonds is 3. The van der Waals surface area contributed by atoms with Crippen molar-refractivity contribution in [3.05, 3.63) is 49.2 Å². The van der Waals surface area contributed by atoms with E-state index in [1.54, 1.807) is 35.0 Å². The lowest BCUT2D eigenvalue weighted by atomic mass is 10.3. The van der Waals surface area contributed by atoms with Gasteiger partial charge in [-0.25, -0.2) is 14.4 Å². The fourth-order valence-corrected chi connectivity index (χ4v) is 2.07. The third-order valence-electron chi connectivity index (χ3n) is 3.17. The van der Waals surface area contributed by atoms with Gasteiger partial charge in [-0.1, -0.05) is 6.92 Å². The average molecular weight is 307 g/mol. The van der Waals surface area contributed by atoms with E-state index >= 15 is 0 Å². The van der Waals surface area contributed by atoms with Crippen LogP contribution in [0.4, 0.5) is 0 Å². The van der Waals surface area contributed by atoms with E-state index in [0.717, 1.165) is 23.4 Å². The molecule has 3 aromatic heterocycles. The summed E-state index contributed by atoms with van der Waals surface area (Å²) in [6, 6.07) is 5.74. The van der Waals surface area contributed by atoms with Crippen LogP contribution in [0.5, 0.6) is 0 Å². The van der Waals surface area contributed by atoms with Gasteiger partial charge in [0.25, 0.3) is 0 Å². The second-order valence-corrected chi connectivity index (χ2v) is 4.77. The molecule has 3 aromatic rings. The second kappa shape index (κ2) is 6.78. The lowest BCUT2D eigenvalue weighted by molar-refractivity contribution is 0.874. The molecule has 23 heavy (non-hydrogen) atoms. The molecule has 0 aromatic carbocycles. The summed E-state index contributed by atoms with van der Waals surface area (Å²) in [6.07, 6.45) is 11.7. The van der Waals surface area contributed by atoms with Gasteiger partial charge in [-0.15, -0.1) is 0 Å². The summed E-state index contributed by atoms with van der Waals surface area (Å²) in [4.78, 5) is 12.5. The van der Waals surface area contributed by atoms with Crippen molar-refractivity contribution in [1.82, 2.24) is 24.5 Å². The van der Waals surface area contributed by atoms with Crippen molar-refractivity contribution < 1.29 is 0 Å². The van der Waals surface area contributed by atoms with E-state index in [4.69, 9.17) is 0 Å². The molecule has 0 aliphatic carbocycles. The first kappa shape index (κ1) is 14.8. The molecule has 7 nitrogen and oxygen atoms in total. The van der Waals surface area contributed by atoms with Crippen molar-refractivity contribution in [3.8, 4) is 16.9 Å². The van der Waals surface area contributed by atoms with E-state index in [-0.39, 0.29) is 0 Å². The highest BCUT2D eigenvalue weighted by atomic mass is 15.4. The molecular weight excluding hydrogens is 290 g/mol. The SMILES string of the molecule is CC/C=N\C(=NC)n1ccc(-c2cnn(-c3cccnc3)c2)n1. The first-order valence-corrected chi connectivity index (χ1v) is 7.32. The number of aromatic nitrogens is 5. The molecule has 3 rings (SSSR count). The summed E-state index contributed by atoms with van der Waals surface area (Å²) in [7, 11) is 1.70. The highest BCUT2D eigenvalue weighted by Gasteiger charge is 2.08. The van der Waals surface area contributed by atoms with Gasteiger partial charge < -0.3 is 0 Å². The van der Waals surface area contributed by atoms with Crippen molar-refractivity contribution >= 4 is 12.2 Å². The molecule has 7 heteroatoms. The Morgan fingerprint density at radius 3 is 2.96 bits per heavy atom. The average Bonchev–Trinajstić information content (AvgIpc) is 3.26. The zero-order valence-electron chi connectivity index (χ0n) is 13.0. The quantitative estimate of drug-likeness (QED) is 0.551. The molecule has 0 unspecified atom stereocenters. The third-order valence-corrected chi connectivity index (χ3v) is 3.17. The van der Waals surface area contributed by atoms with Gasteiger partial charge in [0.15, 0.2) is 0 Å². The van der Waals surface area contributed by atoms with Crippen molar-refractivity contribution in [3.63, 3.8) is 0 Å². The number of hydrogen-bond donors (Lipinski definition) is 0. The highest BCUT2D eigenvalue weighted by Crippen LogP contribution is 2.17. The van der Waals surface area contributed by atoms with Gasteiger partial charge in [-0.05, 0) is 24.6 Å². The van der Waals surface area contributed by atoms with Crippen LogP contribution in [0.3, 0.4) is 0 Å². The Kier molecular flexibility index (Phi) is 4.37. The molecule has 0 radical (unpaired) electrons. The molecule has 0 fully saturated rings. The number of hydrogen-bond acceptors (Lipinski definition) is 4. The molecule has 3 heterocycles. The Balaban J connectivity index is 1.87. The number of nitrogens with zero attached hydrogens (tertiary/aromatic N) is 7.